The van der Waals surface area contributed by atoms with Gasteiger partial charge in [-0.25, -0.2) is 4.98 Å². The van der Waals surface area contributed by atoms with Crippen LogP contribution in [0.1, 0.15) is 34.5 Å². The molecule has 9 heteroatoms. The summed E-state index contributed by atoms with van der Waals surface area (Å²) in [7, 11) is 1.78. The van der Waals surface area contributed by atoms with Crippen LogP contribution in [-0.4, -0.2) is 37.4 Å². The third-order valence-electron chi connectivity index (χ3n) is 5.69. The molecule has 3 aromatic heterocycles. The molecule has 1 aliphatic heterocycles. The summed E-state index contributed by atoms with van der Waals surface area (Å²) >= 11 is 0. The summed E-state index contributed by atoms with van der Waals surface area (Å²) in [5.74, 6) is -0.0549. The largest absolute Gasteiger partial charge is 0.463 e. The molecule has 0 unspecified atom stereocenters. The van der Waals surface area contributed by atoms with Gasteiger partial charge in [0.25, 0.3) is 5.91 Å². The minimum atomic E-state index is -0.302. The van der Waals surface area contributed by atoms with Gasteiger partial charge in [-0.15, -0.1) is 0 Å². The summed E-state index contributed by atoms with van der Waals surface area (Å²) < 4.78 is 7.12. The maximum Gasteiger partial charge on any atom is 0.256 e. The van der Waals surface area contributed by atoms with E-state index in [1.54, 1.807) is 60.5 Å². The van der Waals surface area contributed by atoms with E-state index in [0.29, 0.717) is 39.4 Å². The molecule has 0 aliphatic carbocycles. The summed E-state index contributed by atoms with van der Waals surface area (Å²) in [4.78, 5) is 42.8. The Morgan fingerprint density at radius 2 is 1.85 bits per heavy atom. The molecule has 5 rings (SSSR count). The van der Waals surface area contributed by atoms with Crippen molar-refractivity contribution in [3.05, 3.63) is 65.5 Å². The molecule has 4 aromatic rings. The second-order valence-electron chi connectivity index (χ2n) is 7.96. The summed E-state index contributed by atoms with van der Waals surface area (Å²) in [6.07, 6.45) is 2.09. The number of rotatable bonds is 5. The maximum absolute atomic E-state index is 13.3. The van der Waals surface area contributed by atoms with Crippen LogP contribution in [-0.2, 0) is 23.2 Å². The lowest BCUT2D eigenvalue weighted by Crippen LogP contribution is -2.28. The number of benzene rings is 1. The predicted molar refractivity (Wildman–Crippen MR) is 120 cm³/mol. The Bertz CT molecular complexity index is 1370. The molecule has 3 amide bonds. The van der Waals surface area contributed by atoms with Crippen LogP contribution in [0.3, 0.4) is 0 Å². The van der Waals surface area contributed by atoms with Gasteiger partial charge < -0.3 is 9.73 Å². The highest BCUT2D eigenvalue weighted by Crippen LogP contribution is 2.28. The third-order valence-corrected chi connectivity index (χ3v) is 5.69. The molecule has 0 spiro atoms. The number of likely N-dealkylation sites (tertiary alicyclic amines) is 1. The van der Waals surface area contributed by atoms with Crippen LogP contribution in [0, 0.1) is 6.92 Å². The second-order valence-corrected chi connectivity index (χ2v) is 7.96. The highest BCUT2D eigenvalue weighted by molar-refractivity contribution is 6.13. The summed E-state index contributed by atoms with van der Waals surface area (Å²) in [5.41, 5.74) is 3.67. The van der Waals surface area contributed by atoms with Crippen LogP contribution in [0.4, 0.5) is 5.69 Å². The molecule has 0 saturated carbocycles. The number of pyridine rings is 1. The standard InChI is InChI=1S/C24H21N5O4/c1-14-22-17(12-18(19-4-3-11-33-19)26-23(22)28(2)27-14)24(32)25-16-7-5-15(6-8-16)13-29-20(30)9-10-21(29)31/h3-8,11-12H,9-10,13H2,1-2H3,(H,25,32). The molecule has 166 valence electrons. The maximum atomic E-state index is 13.3. The van der Waals surface area contributed by atoms with Crippen LogP contribution in [0.25, 0.3) is 22.5 Å². The van der Waals surface area contributed by atoms with Crippen LogP contribution < -0.4 is 5.32 Å². The van der Waals surface area contributed by atoms with E-state index in [1.807, 2.05) is 6.92 Å². The van der Waals surface area contributed by atoms with Crippen molar-refractivity contribution in [2.45, 2.75) is 26.3 Å². The molecular formula is C24H21N5O4. The molecule has 0 atom stereocenters. The minimum Gasteiger partial charge on any atom is -0.463 e. The summed E-state index contributed by atoms with van der Waals surface area (Å²) in [6, 6.07) is 12.3. The number of fused-ring (bicyclic) bond motifs is 1. The Hall–Kier alpha value is -4.27. The zero-order valence-corrected chi connectivity index (χ0v) is 18.2. The molecule has 9 nitrogen and oxygen atoms in total. The number of carbonyl (C=O) groups excluding carboxylic acids is 3. The molecule has 0 radical (unpaired) electrons. The number of carbonyl (C=O) groups is 3. The van der Waals surface area contributed by atoms with Gasteiger partial charge in [0.15, 0.2) is 11.4 Å². The number of imide groups is 1. The molecule has 1 saturated heterocycles. The Balaban J connectivity index is 1.42. The fraction of sp³-hybridized carbons (Fsp3) is 0.208. The van der Waals surface area contributed by atoms with Crippen molar-refractivity contribution >= 4 is 34.4 Å². The smallest absolute Gasteiger partial charge is 0.256 e. The normalized spacial score (nSPS) is 13.8. The van der Waals surface area contributed by atoms with Crippen LogP contribution in [0.2, 0.25) is 0 Å². The van der Waals surface area contributed by atoms with E-state index in [4.69, 9.17) is 4.42 Å². The monoisotopic (exact) mass is 443 g/mol. The van der Waals surface area contributed by atoms with E-state index < -0.39 is 0 Å². The molecule has 1 N–H and O–H groups in total. The van der Waals surface area contributed by atoms with E-state index in [0.717, 1.165) is 5.56 Å². The lowest BCUT2D eigenvalue weighted by Gasteiger charge is -2.14. The van der Waals surface area contributed by atoms with Gasteiger partial charge in [0, 0.05) is 25.6 Å². The zero-order chi connectivity index (χ0) is 23.1. The van der Waals surface area contributed by atoms with E-state index >= 15 is 0 Å². The number of furan rings is 1. The van der Waals surface area contributed by atoms with Gasteiger partial charge in [-0.3, -0.25) is 24.0 Å². The van der Waals surface area contributed by atoms with E-state index in [9.17, 15) is 14.4 Å². The first-order valence-electron chi connectivity index (χ1n) is 10.5. The first kappa shape index (κ1) is 20.6. The first-order valence-corrected chi connectivity index (χ1v) is 10.5. The molecule has 1 aliphatic rings. The molecule has 0 bridgehead atoms. The fourth-order valence-electron chi connectivity index (χ4n) is 4.05. The average Bonchev–Trinajstić information content (AvgIpc) is 3.52. The van der Waals surface area contributed by atoms with Gasteiger partial charge in [-0.05, 0) is 42.8 Å². The lowest BCUT2D eigenvalue weighted by atomic mass is 10.1. The number of nitrogens with one attached hydrogen (secondary N) is 1. The van der Waals surface area contributed by atoms with Crippen molar-refractivity contribution in [3.8, 4) is 11.5 Å². The van der Waals surface area contributed by atoms with E-state index in [2.05, 4.69) is 15.4 Å². The van der Waals surface area contributed by atoms with Crippen molar-refractivity contribution < 1.29 is 18.8 Å². The molecular weight excluding hydrogens is 422 g/mol. The average molecular weight is 443 g/mol. The fourth-order valence-corrected chi connectivity index (χ4v) is 4.05. The lowest BCUT2D eigenvalue weighted by molar-refractivity contribution is -0.139. The first-order chi connectivity index (χ1) is 15.9. The van der Waals surface area contributed by atoms with Crippen LogP contribution in [0.15, 0.2) is 53.1 Å². The quantitative estimate of drug-likeness (QED) is 0.473. The number of anilines is 1. The number of hydrogen-bond acceptors (Lipinski definition) is 6. The van der Waals surface area contributed by atoms with E-state index in [-0.39, 0.29) is 37.1 Å². The molecule has 33 heavy (non-hydrogen) atoms. The van der Waals surface area contributed by atoms with E-state index in [1.165, 1.54) is 4.90 Å². The number of amides is 3. The number of hydrogen-bond donors (Lipinski definition) is 1. The Labute approximate surface area is 189 Å². The van der Waals surface area contributed by atoms with Crippen molar-refractivity contribution in [3.63, 3.8) is 0 Å². The predicted octanol–water partition coefficient (Wildman–Crippen LogP) is 3.44. The Kier molecular flexibility index (Phi) is 5.01. The van der Waals surface area contributed by atoms with Gasteiger partial charge in [0.05, 0.1) is 29.5 Å². The number of aryl methyl sites for hydroxylation is 2. The SMILES string of the molecule is Cc1nn(C)c2nc(-c3ccco3)cc(C(=O)Nc3ccc(CN4C(=O)CCC4=O)cc3)c12. The highest BCUT2D eigenvalue weighted by Gasteiger charge is 2.28. The van der Waals surface area contributed by atoms with Gasteiger partial charge in [-0.2, -0.15) is 5.10 Å². The zero-order valence-electron chi connectivity index (χ0n) is 18.2. The van der Waals surface area contributed by atoms with Gasteiger partial charge in [-0.1, -0.05) is 12.1 Å². The Morgan fingerprint density at radius 1 is 1.12 bits per heavy atom. The van der Waals surface area contributed by atoms with Gasteiger partial charge >= 0.3 is 0 Å². The van der Waals surface area contributed by atoms with Crippen molar-refractivity contribution in [1.82, 2.24) is 19.7 Å². The number of nitrogens with zero attached hydrogens (tertiary/aromatic N) is 4. The van der Waals surface area contributed by atoms with Gasteiger partial charge in [0.1, 0.15) is 5.69 Å². The molecule has 4 heterocycles. The van der Waals surface area contributed by atoms with Crippen LogP contribution in [0.5, 0.6) is 0 Å². The number of aromatic nitrogens is 3. The highest BCUT2D eigenvalue weighted by atomic mass is 16.3. The van der Waals surface area contributed by atoms with Crippen molar-refractivity contribution in [1.29, 1.82) is 0 Å². The van der Waals surface area contributed by atoms with Crippen molar-refractivity contribution in [2.24, 2.45) is 7.05 Å². The minimum absolute atomic E-state index is 0.154. The Morgan fingerprint density at radius 3 is 2.52 bits per heavy atom. The van der Waals surface area contributed by atoms with Crippen LogP contribution >= 0.6 is 0 Å². The van der Waals surface area contributed by atoms with Crippen molar-refractivity contribution in [2.75, 3.05) is 5.32 Å². The molecule has 1 aromatic carbocycles. The third kappa shape index (κ3) is 3.78. The van der Waals surface area contributed by atoms with Gasteiger partial charge in [0.2, 0.25) is 11.8 Å². The topological polar surface area (TPSA) is 110 Å². The summed E-state index contributed by atoms with van der Waals surface area (Å²) in [5, 5.41) is 8.01. The summed E-state index contributed by atoms with van der Waals surface area (Å²) in [6.45, 7) is 2.07. The molecule has 1 fully saturated rings. The second kappa shape index (κ2) is 8.01.